The fourth-order valence-corrected chi connectivity index (χ4v) is 1.54. The summed E-state index contributed by atoms with van der Waals surface area (Å²) in [5, 5.41) is 3.29. The first-order valence-corrected chi connectivity index (χ1v) is 6.67. The predicted molar refractivity (Wildman–Crippen MR) is 73.6 cm³/mol. The molecule has 0 unspecified atom stereocenters. The maximum Gasteiger partial charge on any atom is 0.119 e. The van der Waals surface area contributed by atoms with Crippen LogP contribution >= 0.6 is 15.9 Å². The van der Waals surface area contributed by atoms with Gasteiger partial charge in [0.1, 0.15) is 12.4 Å². The van der Waals surface area contributed by atoms with Crippen LogP contribution in [0, 0.1) is 0 Å². The van der Waals surface area contributed by atoms with Crippen LogP contribution in [-0.4, -0.2) is 32.4 Å². The molecule has 96 valence electrons. The molecule has 3 nitrogen and oxygen atoms in total. The summed E-state index contributed by atoms with van der Waals surface area (Å²) in [5.74, 6) is 0.872. The Kier molecular flexibility index (Phi) is 7.24. The normalized spacial score (nSPS) is 10.8. The highest BCUT2D eigenvalue weighted by atomic mass is 79.9. The maximum absolute atomic E-state index is 5.52. The Morgan fingerprint density at radius 1 is 1.12 bits per heavy atom. The van der Waals surface area contributed by atoms with Crippen LogP contribution < -0.4 is 10.1 Å². The van der Waals surface area contributed by atoms with Crippen molar-refractivity contribution in [3.63, 3.8) is 0 Å². The van der Waals surface area contributed by atoms with Crippen molar-refractivity contribution in [2.24, 2.45) is 0 Å². The van der Waals surface area contributed by atoms with Gasteiger partial charge in [-0.2, -0.15) is 0 Å². The highest BCUT2D eigenvalue weighted by molar-refractivity contribution is 9.10. The highest BCUT2D eigenvalue weighted by Crippen LogP contribution is 2.15. The van der Waals surface area contributed by atoms with Crippen molar-refractivity contribution in [2.45, 2.75) is 19.9 Å². The number of ether oxygens (including phenoxy) is 2. The van der Waals surface area contributed by atoms with Gasteiger partial charge in [0, 0.05) is 17.1 Å². The van der Waals surface area contributed by atoms with E-state index in [2.05, 4.69) is 35.1 Å². The smallest absolute Gasteiger partial charge is 0.119 e. The van der Waals surface area contributed by atoms with E-state index in [0.717, 1.165) is 23.4 Å². The first kappa shape index (κ1) is 14.5. The molecule has 0 spiro atoms. The lowest BCUT2D eigenvalue weighted by atomic mass is 10.3. The van der Waals surface area contributed by atoms with Gasteiger partial charge in [-0.1, -0.05) is 29.8 Å². The molecule has 0 aliphatic carbocycles. The van der Waals surface area contributed by atoms with Crippen LogP contribution in [0.3, 0.4) is 0 Å². The molecule has 0 saturated heterocycles. The summed E-state index contributed by atoms with van der Waals surface area (Å²) in [5.41, 5.74) is 0. The molecule has 0 aromatic heterocycles. The molecule has 1 rings (SSSR count). The maximum atomic E-state index is 5.52. The van der Waals surface area contributed by atoms with E-state index in [9.17, 15) is 0 Å². The van der Waals surface area contributed by atoms with Crippen LogP contribution in [0.1, 0.15) is 13.8 Å². The SMILES string of the molecule is CC(C)NCCOCCOc1ccc(Br)cc1. The van der Waals surface area contributed by atoms with Gasteiger partial charge in [0.15, 0.2) is 0 Å². The van der Waals surface area contributed by atoms with E-state index in [1.165, 1.54) is 0 Å². The molecular formula is C13H20BrNO2. The second-order valence-corrected chi connectivity index (χ2v) is 4.94. The third-order valence-corrected chi connectivity index (χ3v) is 2.64. The summed E-state index contributed by atoms with van der Waals surface area (Å²) < 4.78 is 12.0. The highest BCUT2D eigenvalue weighted by Gasteiger charge is 1.95. The van der Waals surface area contributed by atoms with Gasteiger partial charge in [-0.05, 0) is 24.3 Å². The molecule has 1 aromatic rings. The number of rotatable bonds is 8. The first-order chi connectivity index (χ1) is 8.18. The van der Waals surface area contributed by atoms with Crippen LogP contribution in [0.25, 0.3) is 0 Å². The molecule has 1 N–H and O–H groups in total. The molecule has 0 saturated carbocycles. The summed E-state index contributed by atoms with van der Waals surface area (Å²) in [6.45, 7) is 7.06. The van der Waals surface area contributed by atoms with Crippen molar-refractivity contribution in [2.75, 3.05) is 26.4 Å². The summed E-state index contributed by atoms with van der Waals surface area (Å²) in [7, 11) is 0. The minimum Gasteiger partial charge on any atom is -0.491 e. The minimum atomic E-state index is 0.512. The lowest BCUT2D eigenvalue weighted by Crippen LogP contribution is -2.27. The Balaban J connectivity index is 1.99. The largest absolute Gasteiger partial charge is 0.491 e. The second kappa shape index (κ2) is 8.50. The van der Waals surface area contributed by atoms with E-state index in [4.69, 9.17) is 9.47 Å². The van der Waals surface area contributed by atoms with Gasteiger partial charge >= 0.3 is 0 Å². The minimum absolute atomic E-state index is 0.512. The fraction of sp³-hybridized carbons (Fsp3) is 0.538. The molecule has 0 amide bonds. The summed E-state index contributed by atoms with van der Waals surface area (Å²) in [4.78, 5) is 0. The van der Waals surface area contributed by atoms with Gasteiger partial charge in [0.25, 0.3) is 0 Å². The molecule has 4 heteroatoms. The fourth-order valence-electron chi connectivity index (χ4n) is 1.27. The molecule has 0 heterocycles. The van der Waals surface area contributed by atoms with E-state index in [-0.39, 0.29) is 0 Å². The quantitative estimate of drug-likeness (QED) is 0.749. The van der Waals surface area contributed by atoms with Crippen molar-refractivity contribution in [3.05, 3.63) is 28.7 Å². The van der Waals surface area contributed by atoms with Crippen molar-refractivity contribution >= 4 is 15.9 Å². The van der Waals surface area contributed by atoms with Crippen LogP contribution in [0.5, 0.6) is 5.75 Å². The molecule has 0 bridgehead atoms. The van der Waals surface area contributed by atoms with Gasteiger partial charge in [-0.15, -0.1) is 0 Å². The average Bonchev–Trinajstić information content (AvgIpc) is 2.30. The van der Waals surface area contributed by atoms with Gasteiger partial charge in [0.05, 0.1) is 13.2 Å². The molecule has 0 atom stereocenters. The number of halogens is 1. The molecule has 0 aliphatic heterocycles. The van der Waals surface area contributed by atoms with E-state index in [1.807, 2.05) is 24.3 Å². The Labute approximate surface area is 112 Å². The van der Waals surface area contributed by atoms with Crippen molar-refractivity contribution < 1.29 is 9.47 Å². The van der Waals surface area contributed by atoms with E-state index >= 15 is 0 Å². The molecular weight excluding hydrogens is 282 g/mol. The van der Waals surface area contributed by atoms with Crippen LogP contribution in [0.15, 0.2) is 28.7 Å². The Bertz CT molecular complexity index is 301. The van der Waals surface area contributed by atoms with Gasteiger partial charge in [-0.25, -0.2) is 0 Å². The zero-order valence-electron chi connectivity index (χ0n) is 10.4. The van der Waals surface area contributed by atoms with Gasteiger partial charge in [-0.3, -0.25) is 0 Å². The lowest BCUT2D eigenvalue weighted by molar-refractivity contribution is 0.101. The third-order valence-electron chi connectivity index (χ3n) is 2.11. The molecule has 17 heavy (non-hydrogen) atoms. The molecule has 0 aliphatic rings. The lowest BCUT2D eigenvalue weighted by Gasteiger charge is -2.09. The average molecular weight is 302 g/mol. The number of hydrogen-bond donors (Lipinski definition) is 1. The Morgan fingerprint density at radius 2 is 1.82 bits per heavy atom. The number of nitrogens with one attached hydrogen (secondary N) is 1. The molecule has 0 fully saturated rings. The third kappa shape index (κ3) is 7.36. The van der Waals surface area contributed by atoms with Gasteiger partial charge in [0.2, 0.25) is 0 Å². The van der Waals surface area contributed by atoms with Crippen molar-refractivity contribution in [1.82, 2.24) is 5.32 Å². The summed E-state index contributed by atoms with van der Waals surface area (Å²) in [6.07, 6.45) is 0. The predicted octanol–water partition coefficient (Wildman–Crippen LogP) is 2.84. The van der Waals surface area contributed by atoms with E-state index < -0.39 is 0 Å². The van der Waals surface area contributed by atoms with Crippen LogP contribution in [0.2, 0.25) is 0 Å². The first-order valence-electron chi connectivity index (χ1n) is 5.88. The monoisotopic (exact) mass is 301 g/mol. The molecule has 0 radical (unpaired) electrons. The van der Waals surface area contributed by atoms with E-state index in [1.54, 1.807) is 0 Å². The zero-order valence-corrected chi connectivity index (χ0v) is 12.0. The Hall–Kier alpha value is -0.580. The Morgan fingerprint density at radius 3 is 2.47 bits per heavy atom. The van der Waals surface area contributed by atoms with Crippen LogP contribution in [0.4, 0.5) is 0 Å². The summed E-state index contributed by atoms with van der Waals surface area (Å²) in [6, 6.07) is 8.30. The van der Waals surface area contributed by atoms with Crippen LogP contribution in [-0.2, 0) is 4.74 Å². The second-order valence-electron chi connectivity index (χ2n) is 4.02. The summed E-state index contributed by atoms with van der Waals surface area (Å²) >= 11 is 3.38. The van der Waals surface area contributed by atoms with E-state index in [0.29, 0.717) is 19.3 Å². The topological polar surface area (TPSA) is 30.5 Å². The molecule has 1 aromatic carbocycles. The number of hydrogen-bond acceptors (Lipinski definition) is 3. The number of benzene rings is 1. The zero-order chi connectivity index (χ0) is 12.5. The van der Waals surface area contributed by atoms with Crippen molar-refractivity contribution in [3.8, 4) is 5.75 Å². The standard InChI is InChI=1S/C13H20BrNO2/c1-11(2)15-7-8-16-9-10-17-13-5-3-12(14)4-6-13/h3-6,11,15H,7-10H2,1-2H3. The van der Waals surface area contributed by atoms with Crippen molar-refractivity contribution in [1.29, 1.82) is 0 Å². The van der Waals surface area contributed by atoms with Gasteiger partial charge < -0.3 is 14.8 Å².